The van der Waals surface area contributed by atoms with Crippen molar-refractivity contribution in [1.29, 1.82) is 0 Å². The number of benzene rings is 1. The van der Waals surface area contributed by atoms with E-state index in [9.17, 15) is 4.79 Å². The number of aromatic nitrogens is 2. The molecule has 0 amide bonds. The quantitative estimate of drug-likeness (QED) is 0.298. The molecule has 1 aromatic carbocycles. The van der Waals surface area contributed by atoms with Gasteiger partial charge in [0.05, 0.1) is 35.1 Å². The molecular weight excluding hydrogens is 520 g/mol. The molecule has 174 valence electrons. The molecule has 1 aliphatic rings. The Hall–Kier alpha value is -2.23. The predicted molar refractivity (Wildman–Crippen MR) is 142 cm³/mol. The molecular formula is C24H27BrN4O2S2. The number of methoxy groups -OCH3 is 1. The largest absolute Gasteiger partial charge is 0.465 e. The summed E-state index contributed by atoms with van der Waals surface area (Å²) >= 11 is 10.8. The molecule has 1 aliphatic carbocycles. The Morgan fingerprint density at radius 1 is 1.36 bits per heavy atom. The van der Waals surface area contributed by atoms with Crippen molar-refractivity contribution in [3.8, 4) is 0 Å². The van der Waals surface area contributed by atoms with Gasteiger partial charge in [-0.3, -0.25) is 4.68 Å². The Bertz CT molecular complexity index is 1220. The Balaban J connectivity index is 1.50. The van der Waals surface area contributed by atoms with Crippen LogP contribution in [0.15, 0.2) is 28.7 Å². The van der Waals surface area contributed by atoms with Gasteiger partial charge in [-0.05, 0) is 90.4 Å². The smallest absolute Gasteiger partial charge is 0.341 e. The summed E-state index contributed by atoms with van der Waals surface area (Å²) in [5.41, 5.74) is 5.78. The van der Waals surface area contributed by atoms with Gasteiger partial charge in [-0.15, -0.1) is 11.3 Å². The Morgan fingerprint density at radius 3 is 2.85 bits per heavy atom. The average Bonchev–Trinajstić information content (AvgIpc) is 3.24. The number of aryl methyl sites for hydroxylation is 1. The fraction of sp³-hybridized carbons (Fsp3) is 0.375. The number of fused-ring (bicyclic) bond motifs is 1. The van der Waals surface area contributed by atoms with Gasteiger partial charge in [-0.2, -0.15) is 5.10 Å². The van der Waals surface area contributed by atoms with Gasteiger partial charge in [-0.1, -0.05) is 19.1 Å². The van der Waals surface area contributed by atoms with Crippen molar-refractivity contribution >= 4 is 61.3 Å². The lowest BCUT2D eigenvalue weighted by molar-refractivity contribution is 0.0601. The number of nitrogens with one attached hydrogen (secondary N) is 2. The van der Waals surface area contributed by atoms with Crippen LogP contribution in [0, 0.1) is 19.8 Å². The van der Waals surface area contributed by atoms with Crippen LogP contribution in [0.1, 0.15) is 51.1 Å². The third-order valence-electron chi connectivity index (χ3n) is 5.94. The zero-order valence-electron chi connectivity index (χ0n) is 19.1. The second-order valence-corrected chi connectivity index (χ2v) is 10.8. The lowest BCUT2D eigenvalue weighted by Crippen LogP contribution is -2.20. The molecule has 2 heterocycles. The van der Waals surface area contributed by atoms with Gasteiger partial charge in [0.25, 0.3) is 0 Å². The number of thiophene rings is 1. The standard InChI is InChI=1S/C24H27BrN4O2S2/c1-13-8-9-18-19(10-13)33-22(20(18)23(30)31-4)27-24(32)26-17-7-5-6-16(11-17)12-29-15(3)21(25)14(2)28-29/h5-7,11,13H,8-10,12H2,1-4H3,(H2,26,27,32). The zero-order chi connectivity index (χ0) is 23.7. The number of thiocarbonyl (C=S) groups is 1. The molecule has 0 fully saturated rings. The van der Waals surface area contributed by atoms with Gasteiger partial charge < -0.3 is 15.4 Å². The number of halogens is 1. The number of carbonyl (C=O) groups excluding carboxylic acids is 1. The van der Waals surface area contributed by atoms with Crippen molar-refractivity contribution in [1.82, 2.24) is 9.78 Å². The van der Waals surface area contributed by atoms with Crippen LogP contribution < -0.4 is 10.6 Å². The van der Waals surface area contributed by atoms with Crippen molar-refractivity contribution in [3.63, 3.8) is 0 Å². The maximum atomic E-state index is 12.5. The van der Waals surface area contributed by atoms with Crippen molar-refractivity contribution in [3.05, 3.63) is 61.7 Å². The molecule has 3 aromatic rings. The highest BCUT2D eigenvalue weighted by Crippen LogP contribution is 2.40. The Kier molecular flexibility index (Phi) is 7.21. The van der Waals surface area contributed by atoms with E-state index in [-0.39, 0.29) is 5.97 Å². The van der Waals surface area contributed by atoms with E-state index < -0.39 is 0 Å². The van der Waals surface area contributed by atoms with Gasteiger partial charge in [0.2, 0.25) is 0 Å². The monoisotopic (exact) mass is 546 g/mol. The Labute approximate surface area is 211 Å². The number of anilines is 2. The van der Waals surface area contributed by atoms with Crippen molar-refractivity contribution in [2.75, 3.05) is 17.7 Å². The maximum absolute atomic E-state index is 12.5. The van der Waals surface area contributed by atoms with E-state index >= 15 is 0 Å². The first-order chi connectivity index (χ1) is 15.8. The van der Waals surface area contributed by atoms with E-state index in [2.05, 4.69) is 50.7 Å². The summed E-state index contributed by atoms with van der Waals surface area (Å²) in [6, 6.07) is 8.08. The average molecular weight is 548 g/mol. The van der Waals surface area contributed by atoms with E-state index in [0.717, 1.165) is 56.9 Å². The third-order valence-corrected chi connectivity index (χ3v) is 8.46. The number of hydrogen-bond donors (Lipinski definition) is 2. The lowest BCUT2D eigenvalue weighted by atomic mass is 9.88. The van der Waals surface area contributed by atoms with Gasteiger partial charge in [0, 0.05) is 10.6 Å². The van der Waals surface area contributed by atoms with Crippen LogP contribution in [0.4, 0.5) is 10.7 Å². The molecule has 1 atom stereocenters. The second kappa shape index (κ2) is 9.95. The molecule has 0 saturated heterocycles. The molecule has 1 unspecified atom stereocenters. The topological polar surface area (TPSA) is 68.2 Å². The molecule has 9 heteroatoms. The number of nitrogens with zero attached hydrogens (tertiary/aromatic N) is 2. The normalized spacial score (nSPS) is 15.1. The zero-order valence-corrected chi connectivity index (χ0v) is 22.3. The third kappa shape index (κ3) is 5.15. The molecule has 0 saturated carbocycles. The number of ether oxygens (including phenoxy) is 1. The fourth-order valence-corrected chi connectivity index (χ4v) is 6.14. The molecule has 0 radical (unpaired) electrons. The van der Waals surface area contributed by atoms with E-state index in [1.165, 1.54) is 12.0 Å². The van der Waals surface area contributed by atoms with Gasteiger partial charge in [0.15, 0.2) is 5.11 Å². The van der Waals surface area contributed by atoms with Crippen LogP contribution in [0.25, 0.3) is 0 Å². The first-order valence-corrected chi connectivity index (χ1v) is 12.9. The minimum absolute atomic E-state index is 0.314. The Morgan fingerprint density at radius 2 is 2.15 bits per heavy atom. The predicted octanol–water partition coefficient (Wildman–Crippen LogP) is 6.09. The summed E-state index contributed by atoms with van der Waals surface area (Å²) in [7, 11) is 1.42. The van der Waals surface area contributed by atoms with Crippen molar-refractivity contribution in [2.24, 2.45) is 5.92 Å². The summed E-state index contributed by atoms with van der Waals surface area (Å²) in [6.45, 7) is 6.95. The van der Waals surface area contributed by atoms with Crippen molar-refractivity contribution < 1.29 is 9.53 Å². The molecule has 0 spiro atoms. The van der Waals surface area contributed by atoms with Gasteiger partial charge in [-0.25, -0.2) is 4.79 Å². The lowest BCUT2D eigenvalue weighted by Gasteiger charge is -2.18. The highest BCUT2D eigenvalue weighted by atomic mass is 79.9. The number of esters is 1. The first-order valence-electron chi connectivity index (χ1n) is 10.9. The number of carbonyl (C=O) groups is 1. The van der Waals surface area contributed by atoms with Crippen LogP contribution >= 0.6 is 39.5 Å². The fourth-order valence-electron chi connectivity index (χ4n) is 4.17. The number of hydrogen-bond acceptors (Lipinski definition) is 5. The van der Waals surface area contributed by atoms with E-state index in [0.29, 0.717) is 23.1 Å². The highest BCUT2D eigenvalue weighted by molar-refractivity contribution is 9.10. The highest BCUT2D eigenvalue weighted by Gasteiger charge is 2.28. The van der Waals surface area contributed by atoms with Gasteiger partial charge >= 0.3 is 5.97 Å². The summed E-state index contributed by atoms with van der Waals surface area (Å²) < 4.78 is 8.09. The minimum atomic E-state index is -0.314. The maximum Gasteiger partial charge on any atom is 0.341 e. The molecule has 0 bridgehead atoms. The molecule has 4 rings (SSSR count). The van der Waals surface area contributed by atoms with E-state index in [4.69, 9.17) is 17.0 Å². The molecule has 2 N–H and O–H groups in total. The van der Waals surface area contributed by atoms with Crippen LogP contribution in [-0.4, -0.2) is 28.0 Å². The summed E-state index contributed by atoms with van der Waals surface area (Å²) in [5.74, 6) is 0.301. The van der Waals surface area contributed by atoms with Crippen LogP contribution in [0.5, 0.6) is 0 Å². The molecule has 0 aliphatic heterocycles. The molecule has 6 nitrogen and oxygen atoms in total. The van der Waals surface area contributed by atoms with E-state index in [1.54, 1.807) is 11.3 Å². The summed E-state index contributed by atoms with van der Waals surface area (Å²) in [5, 5.41) is 12.3. The van der Waals surface area contributed by atoms with Gasteiger partial charge in [0.1, 0.15) is 5.00 Å². The van der Waals surface area contributed by atoms with Crippen molar-refractivity contribution in [2.45, 2.75) is 46.6 Å². The SMILES string of the molecule is COC(=O)c1c(NC(=S)Nc2cccc(Cn3nc(C)c(Br)c3C)c2)sc2c1CCC(C)C2. The number of rotatable bonds is 5. The molecule has 2 aromatic heterocycles. The summed E-state index contributed by atoms with van der Waals surface area (Å²) in [6.07, 6.45) is 2.95. The minimum Gasteiger partial charge on any atom is -0.465 e. The summed E-state index contributed by atoms with van der Waals surface area (Å²) in [4.78, 5) is 13.8. The van der Waals surface area contributed by atoms with Crippen LogP contribution in [-0.2, 0) is 24.1 Å². The van der Waals surface area contributed by atoms with Crippen LogP contribution in [0.2, 0.25) is 0 Å². The van der Waals surface area contributed by atoms with Crippen LogP contribution in [0.3, 0.4) is 0 Å². The van der Waals surface area contributed by atoms with E-state index in [1.807, 2.05) is 30.7 Å². The first kappa shape index (κ1) is 23.9. The molecule has 33 heavy (non-hydrogen) atoms. The second-order valence-electron chi connectivity index (χ2n) is 8.47.